The molecule has 1 N–H and O–H groups in total. The highest BCUT2D eigenvalue weighted by atomic mass is 35.5. The summed E-state index contributed by atoms with van der Waals surface area (Å²) in [6.45, 7) is 3.93. The van der Waals surface area contributed by atoms with Gasteiger partial charge in [-0.2, -0.15) is 0 Å². The molecule has 2 fully saturated rings. The Labute approximate surface area is 161 Å². The fourth-order valence-corrected chi connectivity index (χ4v) is 3.79. The van der Waals surface area contributed by atoms with E-state index in [4.69, 9.17) is 4.74 Å². The molecule has 0 radical (unpaired) electrons. The van der Waals surface area contributed by atoms with E-state index in [1.165, 1.54) is 0 Å². The average molecular weight is 382 g/mol. The van der Waals surface area contributed by atoms with Crippen molar-refractivity contribution >= 4 is 29.9 Å². The summed E-state index contributed by atoms with van der Waals surface area (Å²) in [5.41, 5.74) is 1.82. The predicted octanol–water partition coefficient (Wildman–Crippen LogP) is 1.99. The Balaban J connectivity index is 0.00000243. The van der Waals surface area contributed by atoms with Gasteiger partial charge in [0.1, 0.15) is 5.75 Å². The van der Waals surface area contributed by atoms with Crippen LogP contribution in [0.4, 0.5) is 5.69 Å². The van der Waals surface area contributed by atoms with Crippen LogP contribution in [0.1, 0.15) is 24.8 Å². The third-order valence-corrected chi connectivity index (χ3v) is 5.24. The van der Waals surface area contributed by atoms with Gasteiger partial charge in [-0.1, -0.05) is 6.07 Å². The summed E-state index contributed by atoms with van der Waals surface area (Å²) in [7, 11) is 3.53. The first-order valence-electron chi connectivity index (χ1n) is 8.94. The lowest BCUT2D eigenvalue weighted by molar-refractivity contribution is -0.137. The van der Waals surface area contributed by atoms with Gasteiger partial charge in [-0.05, 0) is 44.5 Å². The van der Waals surface area contributed by atoms with Crippen molar-refractivity contribution in [2.24, 2.45) is 5.92 Å². The molecule has 2 unspecified atom stereocenters. The van der Waals surface area contributed by atoms with E-state index in [0.29, 0.717) is 18.3 Å². The molecule has 2 atom stereocenters. The van der Waals surface area contributed by atoms with Crippen LogP contribution in [0.15, 0.2) is 18.2 Å². The third kappa shape index (κ3) is 4.13. The number of anilines is 1. The second-order valence-electron chi connectivity index (χ2n) is 6.99. The van der Waals surface area contributed by atoms with Crippen LogP contribution in [0.25, 0.3) is 0 Å². The van der Waals surface area contributed by atoms with Gasteiger partial charge in [0.05, 0.1) is 18.7 Å². The number of benzene rings is 1. The first kappa shape index (κ1) is 20.5. The molecule has 2 saturated heterocycles. The van der Waals surface area contributed by atoms with Crippen molar-refractivity contribution in [3.05, 3.63) is 23.8 Å². The Kier molecular flexibility index (Phi) is 6.89. The van der Waals surface area contributed by atoms with E-state index in [0.717, 1.165) is 37.2 Å². The molecular weight excluding hydrogens is 354 g/mol. The standard InChI is InChI=1S/C19H27N3O3.ClH/c1-13-6-7-17(25-3)16(9-13)22-11-14(10-18(22)23)19(24)21-8-4-5-15(12-21)20-2;/h6-7,9,14-15,20H,4-5,8,10-12H2,1-3H3;1H. The first-order valence-corrected chi connectivity index (χ1v) is 8.94. The maximum absolute atomic E-state index is 12.9. The molecule has 3 rings (SSSR count). The van der Waals surface area contributed by atoms with Crippen LogP contribution in [0.3, 0.4) is 0 Å². The lowest BCUT2D eigenvalue weighted by atomic mass is 10.0. The van der Waals surface area contributed by atoms with Gasteiger partial charge in [-0.25, -0.2) is 0 Å². The summed E-state index contributed by atoms with van der Waals surface area (Å²) in [5, 5.41) is 3.26. The molecule has 2 heterocycles. The molecule has 1 aromatic carbocycles. The summed E-state index contributed by atoms with van der Waals surface area (Å²) >= 11 is 0. The topological polar surface area (TPSA) is 61.9 Å². The van der Waals surface area contributed by atoms with Crippen molar-refractivity contribution < 1.29 is 14.3 Å². The second kappa shape index (κ2) is 8.73. The van der Waals surface area contributed by atoms with Crippen LogP contribution in [0, 0.1) is 12.8 Å². The van der Waals surface area contributed by atoms with Gasteiger partial charge in [0, 0.05) is 32.1 Å². The van der Waals surface area contributed by atoms with Crippen LogP contribution in [-0.4, -0.2) is 56.5 Å². The number of likely N-dealkylation sites (N-methyl/N-ethyl adjacent to an activating group) is 1. The van der Waals surface area contributed by atoms with Gasteiger partial charge in [0.2, 0.25) is 11.8 Å². The maximum Gasteiger partial charge on any atom is 0.228 e. The second-order valence-corrected chi connectivity index (χ2v) is 6.99. The third-order valence-electron chi connectivity index (χ3n) is 5.24. The number of carbonyl (C=O) groups is 2. The van der Waals surface area contributed by atoms with Crippen molar-refractivity contribution in [1.82, 2.24) is 10.2 Å². The van der Waals surface area contributed by atoms with Crippen LogP contribution < -0.4 is 15.0 Å². The van der Waals surface area contributed by atoms with E-state index in [-0.39, 0.29) is 36.6 Å². The molecule has 2 amide bonds. The molecule has 7 heteroatoms. The van der Waals surface area contributed by atoms with E-state index in [1.54, 1.807) is 12.0 Å². The fourth-order valence-electron chi connectivity index (χ4n) is 3.79. The lowest BCUT2D eigenvalue weighted by Crippen LogP contribution is -2.49. The summed E-state index contributed by atoms with van der Waals surface area (Å²) in [6, 6.07) is 6.12. The lowest BCUT2D eigenvalue weighted by Gasteiger charge is -2.34. The average Bonchev–Trinajstić information content (AvgIpc) is 3.02. The quantitative estimate of drug-likeness (QED) is 0.866. The molecular formula is C19H28ClN3O3. The maximum atomic E-state index is 12.9. The number of rotatable bonds is 4. The zero-order valence-electron chi connectivity index (χ0n) is 15.7. The predicted molar refractivity (Wildman–Crippen MR) is 104 cm³/mol. The number of nitrogens with one attached hydrogen (secondary N) is 1. The number of methoxy groups -OCH3 is 1. The molecule has 0 spiro atoms. The highest BCUT2D eigenvalue weighted by Crippen LogP contribution is 2.34. The van der Waals surface area contributed by atoms with Crippen LogP contribution in [-0.2, 0) is 9.59 Å². The number of piperidine rings is 1. The molecule has 0 bridgehead atoms. The van der Waals surface area contributed by atoms with Crippen molar-refractivity contribution in [2.45, 2.75) is 32.2 Å². The molecule has 0 aromatic heterocycles. The molecule has 26 heavy (non-hydrogen) atoms. The number of nitrogens with zero attached hydrogens (tertiary/aromatic N) is 2. The van der Waals surface area contributed by atoms with Gasteiger partial charge in [-0.15, -0.1) is 12.4 Å². The Morgan fingerprint density at radius 1 is 1.31 bits per heavy atom. The smallest absolute Gasteiger partial charge is 0.228 e. The minimum absolute atomic E-state index is 0. The highest BCUT2D eigenvalue weighted by molar-refractivity contribution is 6.01. The molecule has 2 aliphatic heterocycles. The minimum Gasteiger partial charge on any atom is -0.495 e. The SMILES string of the molecule is CNC1CCCN(C(=O)C2CC(=O)N(c3cc(C)ccc3OC)C2)C1.Cl. The van der Waals surface area contributed by atoms with Crippen LogP contribution >= 0.6 is 12.4 Å². The fraction of sp³-hybridized carbons (Fsp3) is 0.579. The highest BCUT2D eigenvalue weighted by Gasteiger charge is 2.39. The molecule has 0 aliphatic carbocycles. The van der Waals surface area contributed by atoms with Crippen LogP contribution in [0.5, 0.6) is 5.75 Å². The Bertz CT molecular complexity index is 667. The first-order chi connectivity index (χ1) is 12.0. The number of amides is 2. The van der Waals surface area contributed by atoms with Gasteiger partial charge >= 0.3 is 0 Å². The number of likely N-dealkylation sites (tertiary alicyclic amines) is 1. The summed E-state index contributed by atoms with van der Waals surface area (Å²) in [4.78, 5) is 29.1. The summed E-state index contributed by atoms with van der Waals surface area (Å²) in [5.74, 6) is 0.487. The zero-order chi connectivity index (χ0) is 18.0. The van der Waals surface area contributed by atoms with E-state index >= 15 is 0 Å². The van der Waals surface area contributed by atoms with E-state index in [2.05, 4.69) is 5.32 Å². The van der Waals surface area contributed by atoms with E-state index in [1.807, 2.05) is 37.1 Å². The van der Waals surface area contributed by atoms with E-state index in [9.17, 15) is 9.59 Å². The van der Waals surface area contributed by atoms with Gasteiger partial charge in [-0.3, -0.25) is 9.59 Å². The Morgan fingerprint density at radius 2 is 2.08 bits per heavy atom. The number of ether oxygens (including phenoxy) is 1. The minimum atomic E-state index is -0.270. The van der Waals surface area contributed by atoms with Crippen molar-refractivity contribution in [2.75, 3.05) is 38.7 Å². The van der Waals surface area contributed by atoms with Gasteiger partial charge in [0.15, 0.2) is 0 Å². The number of aryl methyl sites for hydroxylation is 1. The van der Waals surface area contributed by atoms with Crippen molar-refractivity contribution in [3.8, 4) is 5.75 Å². The van der Waals surface area contributed by atoms with Crippen LogP contribution in [0.2, 0.25) is 0 Å². The van der Waals surface area contributed by atoms with E-state index < -0.39 is 0 Å². The van der Waals surface area contributed by atoms with Crippen molar-refractivity contribution in [3.63, 3.8) is 0 Å². The monoisotopic (exact) mass is 381 g/mol. The largest absolute Gasteiger partial charge is 0.495 e. The number of halogens is 1. The van der Waals surface area contributed by atoms with Crippen molar-refractivity contribution in [1.29, 1.82) is 0 Å². The summed E-state index contributed by atoms with van der Waals surface area (Å²) < 4.78 is 5.40. The molecule has 0 saturated carbocycles. The molecule has 2 aliphatic rings. The Hall–Kier alpha value is -1.79. The van der Waals surface area contributed by atoms with Gasteiger partial charge in [0.25, 0.3) is 0 Å². The summed E-state index contributed by atoms with van der Waals surface area (Å²) in [6.07, 6.45) is 2.38. The number of hydrogen-bond acceptors (Lipinski definition) is 4. The molecule has 144 valence electrons. The van der Waals surface area contributed by atoms with Gasteiger partial charge < -0.3 is 19.9 Å². The zero-order valence-corrected chi connectivity index (χ0v) is 16.5. The normalized spacial score (nSPS) is 23.0. The number of carbonyl (C=O) groups excluding carboxylic acids is 2. The number of hydrogen-bond donors (Lipinski definition) is 1. The molecule has 6 nitrogen and oxygen atoms in total. The molecule has 1 aromatic rings. The Morgan fingerprint density at radius 3 is 2.77 bits per heavy atom.